The smallest absolute Gasteiger partial charge is 0.317 e. The molecular formula is C19H30N4O2. The molecule has 0 radical (unpaired) electrons. The Morgan fingerprint density at radius 2 is 2.08 bits per heavy atom. The van der Waals surface area contributed by atoms with Crippen LogP contribution in [0.3, 0.4) is 0 Å². The molecule has 6 nitrogen and oxygen atoms in total. The van der Waals surface area contributed by atoms with Crippen molar-refractivity contribution >= 4 is 11.9 Å². The van der Waals surface area contributed by atoms with Crippen LogP contribution in [0.25, 0.3) is 0 Å². The fourth-order valence-corrected chi connectivity index (χ4v) is 2.98. The van der Waals surface area contributed by atoms with Crippen LogP contribution in [0.4, 0.5) is 4.79 Å². The van der Waals surface area contributed by atoms with Gasteiger partial charge in [-0.2, -0.15) is 0 Å². The molecule has 1 saturated heterocycles. The molecule has 0 aliphatic carbocycles. The quantitative estimate of drug-likeness (QED) is 0.827. The van der Waals surface area contributed by atoms with Gasteiger partial charge in [0.2, 0.25) is 0 Å². The van der Waals surface area contributed by atoms with E-state index in [1.807, 2.05) is 42.1 Å². The van der Waals surface area contributed by atoms with E-state index in [1.54, 1.807) is 6.07 Å². The van der Waals surface area contributed by atoms with Crippen LogP contribution < -0.4 is 10.6 Å². The maximum atomic E-state index is 12.3. The van der Waals surface area contributed by atoms with Crippen LogP contribution in [0, 0.1) is 5.92 Å². The van der Waals surface area contributed by atoms with Gasteiger partial charge in [-0.15, -0.1) is 0 Å². The number of benzene rings is 1. The van der Waals surface area contributed by atoms with Gasteiger partial charge in [0.25, 0.3) is 5.91 Å². The SMILES string of the molecule is CC1CCCN(C(=O)NCc2cccc(C(=O)NCCN(C)C)c2)C1. The van der Waals surface area contributed by atoms with Gasteiger partial charge in [0, 0.05) is 38.3 Å². The van der Waals surface area contributed by atoms with Crippen molar-refractivity contribution in [1.29, 1.82) is 0 Å². The first-order valence-electron chi connectivity index (χ1n) is 9.00. The van der Waals surface area contributed by atoms with E-state index in [0.29, 0.717) is 24.6 Å². The number of hydrogen-bond acceptors (Lipinski definition) is 3. The van der Waals surface area contributed by atoms with E-state index in [1.165, 1.54) is 6.42 Å². The summed E-state index contributed by atoms with van der Waals surface area (Å²) in [7, 11) is 3.94. The fraction of sp³-hybridized carbons (Fsp3) is 0.579. The van der Waals surface area contributed by atoms with Crippen LogP contribution in [0.15, 0.2) is 24.3 Å². The molecule has 2 rings (SSSR count). The van der Waals surface area contributed by atoms with Gasteiger partial charge in [0.1, 0.15) is 0 Å². The minimum atomic E-state index is -0.0834. The number of likely N-dealkylation sites (N-methyl/N-ethyl adjacent to an activating group) is 1. The maximum absolute atomic E-state index is 12.3. The third kappa shape index (κ3) is 6.38. The van der Waals surface area contributed by atoms with Crippen molar-refractivity contribution in [1.82, 2.24) is 20.4 Å². The zero-order chi connectivity index (χ0) is 18.2. The van der Waals surface area contributed by atoms with E-state index in [0.717, 1.165) is 31.6 Å². The first kappa shape index (κ1) is 19.2. The minimum Gasteiger partial charge on any atom is -0.351 e. The molecule has 1 heterocycles. The summed E-state index contributed by atoms with van der Waals surface area (Å²) in [6, 6.07) is 7.39. The Kier molecular flexibility index (Phi) is 7.25. The molecule has 2 N–H and O–H groups in total. The van der Waals surface area contributed by atoms with Gasteiger partial charge in [-0.05, 0) is 50.6 Å². The van der Waals surface area contributed by atoms with E-state index >= 15 is 0 Å². The molecule has 1 aromatic rings. The lowest BCUT2D eigenvalue weighted by Crippen LogP contribution is -2.44. The molecule has 0 spiro atoms. The van der Waals surface area contributed by atoms with Crippen molar-refractivity contribution in [2.24, 2.45) is 5.92 Å². The normalized spacial score (nSPS) is 17.4. The Bertz CT molecular complexity index is 589. The first-order chi connectivity index (χ1) is 12.0. The predicted octanol–water partition coefficient (Wildman–Crippen LogP) is 1.92. The Morgan fingerprint density at radius 1 is 1.28 bits per heavy atom. The molecule has 1 aromatic carbocycles. The zero-order valence-electron chi connectivity index (χ0n) is 15.5. The third-order valence-corrected chi connectivity index (χ3v) is 4.42. The summed E-state index contributed by atoms with van der Waals surface area (Å²) in [5.74, 6) is 0.480. The van der Waals surface area contributed by atoms with Gasteiger partial charge in [-0.3, -0.25) is 4.79 Å². The van der Waals surface area contributed by atoms with Crippen molar-refractivity contribution in [3.63, 3.8) is 0 Å². The topological polar surface area (TPSA) is 64.7 Å². The average Bonchev–Trinajstić information content (AvgIpc) is 2.59. The predicted molar refractivity (Wildman–Crippen MR) is 99.5 cm³/mol. The number of carbonyl (C=O) groups excluding carboxylic acids is 2. The Labute approximate surface area is 150 Å². The van der Waals surface area contributed by atoms with Gasteiger partial charge < -0.3 is 20.4 Å². The highest BCUT2D eigenvalue weighted by atomic mass is 16.2. The fourth-order valence-electron chi connectivity index (χ4n) is 2.98. The van der Waals surface area contributed by atoms with Crippen molar-refractivity contribution in [2.75, 3.05) is 40.3 Å². The highest BCUT2D eigenvalue weighted by molar-refractivity contribution is 5.94. The minimum absolute atomic E-state index is 0.0209. The Balaban J connectivity index is 1.84. The molecule has 1 aliphatic heterocycles. The van der Waals surface area contributed by atoms with E-state index in [4.69, 9.17) is 0 Å². The number of rotatable bonds is 6. The lowest BCUT2D eigenvalue weighted by atomic mass is 10.0. The van der Waals surface area contributed by atoms with E-state index in [2.05, 4.69) is 17.6 Å². The van der Waals surface area contributed by atoms with Crippen LogP contribution in [0.5, 0.6) is 0 Å². The summed E-state index contributed by atoms with van der Waals surface area (Å²) in [4.78, 5) is 28.3. The number of amides is 3. The van der Waals surface area contributed by atoms with Gasteiger partial charge in [-0.1, -0.05) is 19.1 Å². The maximum Gasteiger partial charge on any atom is 0.317 e. The molecule has 25 heavy (non-hydrogen) atoms. The van der Waals surface area contributed by atoms with Crippen molar-refractivity contribution in [3.05, 3.63) is 35.4 Å². The molecule has 1 atom stereocenters. The first-order valence-corrected chi connectivity index (χ1v) is 9.00. The van der Waals surface area contributed by atoms with Crippen LogP contribution in [0.1, 0.15) is 35.7 Å². The summed E-state index contributed by atoms with van der Waals surface area (Å²) in [6.45, 7) is 5.67. The summed E-state index contributed by atoms with van der Waals surface area (Å²) in [5, 5.41) is 5.86. The second-order valence-electron chi connectivity index (χ2n) is 7.11. The summed E-state index contributed by atoms with van der Waals surface area (Å²) >= 11 is 0. The van der Waals surface area contributed by atoms with Crippen LogP contribution in [0.2, 0.25) is 0 Å². The monoisotopic (exact) mass is 346 g/mol. The number of likely N-dealkylation sites (tertiary alicyclic amines) is 1. The third-order valence-electron chi connectivity index (χ3n) is 4.42. The molecule has 1 aliphatic rings. The second kappa shape index (κ2) is 9.42. The van der Waals surface area contributed by atoms with Gasteiger partial charge in [0.15, 0.2) is 0 Å². The lowest BCUT2D eigenvalue weighted by Gasteiger charge is -2.31. The molecule has 6 heteroatoms. The van der Waals surface area contributed by atoms with Crippen LogP contribution in [-0.4, -0.2) is 62.0 Å². The summed E-state index contributed by atoms with van der Waals surface area (Å²) < 4.78 is 0. The molecule has 138 valence electrons. The Hall–Kier alpha value is -2.08. The molecule has 3 amide bonds. The van der Waals surface area contributed by atoms with E-state index in [9.17, 15) is 9.59 Å². The molecule has 0 aromatic heterocycles. The largest absolute Gasteiger partial charge is 0.351 e. The molecule has 1 unspecified atom stereocenters. The number of piperidine rings is 1. The van der Waals surface area contributed by atoms with Gasteiger partial charge in [-0.25, -0.2) is 4.79 Å². The van der Waals surface area contributed by atoms with Crippen molar-refractivity contribution < 1.29 is 9.59 Å². The number of hydrogen-bond donors (Lipinski definition) is 2. The molecule has 0 bridgehead atoms. The number of carbonyl (C=O) groups is 2. The molecule has 0 saturated carbocycles. The standard InChI is InChI=1S/C19H30N4O2/c1-15-6-5-10-23(14-15)19(25)21-13-16-7-4-8-17(12-16)18(24)20-9-11-22(2)3/h4,7-8,12,15H,5-6,9-11,13-14H2,1-3H3,(H,20,24)(H,21,25). The van der Waals surface area contributed by atoms with Gasteiger partial charge in [0.05, 0.1) is 0 Å². The van der Waals surface area contributed by atoms with Gasteiger partial charge >= 0.3 is 6.03 Å². The zero-order valence-corrected chi connectivity index (χ0v) is 15.5. The van der Waals surface area contributed by atoms with Crippen molar-refractivity contribution in [2.45, 2.75) is 26.3 Å². The highest BCUT2D eigenvalue weighted by Gasteiger charge is 2.20. The summed E-state index contributed by atoms with van der Waals surface area (Å²) in [5.41, 5.74) is 1.55. The Morgan fingerprint density at radius 3 is 2.80 bits per heavy atom. The average molecular weight is 346 g/mol. The number of urea groups is 1. The summed E-state index contributed by atoms with van der Waals surface area (Å²) in [6.07, 6.45) is 2.26. The van der Waals surface area contributed by atoms with Crippen LogP contribution in [-0.2, 0) is 6.54 Å². The van der Waals surface area contributed by atoms with Crippen molar-refractivity contribution in [3.8, 4) is 0 Å². The number of nitrogens with one attached hydrogen (secondary N) is 2. The lowest BCUT2D eigenvalue weighted by molar-refractivity contribution is 0.0951. The molecule has 1 fully saturated rings. The highest BCUT2D eigenvalue weighted by Crippen LogP contribution is 2.15. The van der Waals surface area contributed by atoms with E-state index in [-0.39, 0.29) is 11.9 Å². The second-order valence-corrected chi connectivity index (χ2v) is 7.11. The number of nitrogens with zero attached hydrogens (tertiary/aromatic N) is 2. The van der Waals surface area contributed by atoms with E-state index < -0.39 is 0 Å². The molecular weight excluding hydrogens is 316 g/mol. The van der Waals surface area contributed by atoms with Crippen LogP contribution >= 0.6 is 0 Å².